The number of methoxy groups -OCH3 is 1. The molecule has 0 amide bonds. The summed E-state index contributed by atoms with van der Waals surface area (Å²) in [5, 5.41) is 20.5. The second-order valence-corrected chi connectivity index (χ2v) is 9.78. The quantitative estimate of drug-likeness (QED) is 0.222. The fraction of sp³-hybridized carbons (Fsp3) is 0.115. The number of hydrogen-bond donors (Lipinski definition) is 2. The summed E-state index contributed by atoms with van der Waals surface area (Å²) in [5.41, 5.74) is 3.35. The lowest BCUT2D eigenvalue weighted by molar-refractivity contribution is 0.0601. The van der Waals surface area contributed by atoms with Crippen molar-refractivity contribution in [3.63, 3.8) is 0 Å². The van der Waals surface area contributed by atoms with Gasteiger partial charge in [0.1, 0.15) is 6.54 Å². The highest BCUT2D eigenvalue weighted by Crippen LogP contribution is 2.32. The summed E-state index contributed by atoms with van der Waals surface area (Å²) in [5.74, 6) is -0.618. The second-order valence-electron chi connectivity index (χ2n) is 7.87. The van der Waals surface area contributed by atoms with Crippen LogP contribution in [0.3, 0.4) is 0 Å². The number of H-pyrrole nitrogens is 1. The Hall–Kier alpha value is -4.62. The van der Waals surface area contributed by atoms with E-state index in [0.29, 0.717) is 39.1 Å². The van der Waals surface area contributed by atoms with Crippen LogP contribution in [0.1, 0.15) is 21.5 Å². The Balaban J connectivity index is 1.84. The first-order chi connectivity index (χ1) is 17.2. The Labute approximate surface area is 208 Å². The van der Waals surface area contributed by atoms with Crippen molar-refractivity contribution in [2.45, 2.75) is 0 Å². The first-order valence-corrected chi connectivity index (χ1v) is 12.6. The van der Waals surface area contributed by atoms with E-state index in [-0.39, 0.29) is 12.4 Å². The van der Waals surface area contributed by atoms with Crippen LogP contribution >= 0.6 is 0 Å². The van der Waals surface area contributed by atoms with Crippen LogP contribution in [0.2, 0.25) is 0 Å². The third-order valence-corrected chi connectivity index (χ3v) is 6.62. The second kappa shape index (κ2) is 9.93. The highest BCUT2D eigenvalue weighted by atomic mass is 32.2. The van der Waals surface area contributed by atoms with Gasteiger partial charge in [0.25, 0.3) is 0 Å². The van der Waals surface area contributed by atoms with E-state index in [2.05, 4.69) is 4.98 Å². The molecule has 0 unspecified atom stereocenters. The number of nitrogens with zero attached hydrogens (tertiary/aromatic N) is 3. The first-order valence-electron chi connectivity index (χ1n) is 10.7. The van der Waals surface area contributed by atoms with Gasteiger partial charge in [0, 0.05) is 16.5 Å². The Morgan fingerprint density at radius 3 is 2.39 bits per heavy atom. The largest absolute Gasteiger partial charge is 0.494 e. The standard InChI is InChI=1S/C26H22N4O5S/c1-35-26(32)18-8-13-21-22(16-18)29-25(31)23(21)24(17-6-4-3-5-7-17)28-19-9-11-20(12-10-19)30(15-14-27)36(2,33)34/h3-13,16,29,31H,15H2,1-2H3. The number of aromatic nitrogens is 1. The Kier molecular flexibility index (Phi) is 6.76. The van der Waals surface area contributed by atoms with Crippen molar-refractivity contribution in [1.82, 2.24) is 4.98 Å². The summed E-state index contributed by atoms with van der Waals surface area (Å²) in [6.45, 7) is -0.312. The molecule has 0 saturated heterocycles. The molecule has 182 valence electrons. The molecule has 0 fully saturated rings. The van der Waals surface area contributed by atoms with Gasteiger partial charge in [-0.05, 0) is 36.4 Å². The number of anilines is 1. The van der Waals surface area contributed by atoms with E-state index in [0.717, 1.165) is 16.1 Å². The topological polar surface area (TPSA) is 136 Å². The van der Waals surface area contributed by atoms with E-state index >= 15 is 0 Å². The van der Waals surface area contributed by atoms with E-state index in [9.17, 15) is 18.3 Å². The smallest absolute Gasteiger partial charge is 0.337 e. The van der Waals surface area contributed by atoms with Gasteiger partial charge in [-0.15, -0.1) is 0 Å². The molecule has 10 heteroatoms. The molecule has 0 atom stereocenters. The number of nitriles is 1. The van der Waals surface area contributed by atoms with Gasteiger partial charge in [0.05, 0.1) is 47.6 Å². The van der Waals surface area contributed by atoms with Crippen molar-refractivity contribution in [2.75, 3.05) is 24.2 Å². The minimum Gasteiger partial charge on any atom is -0.494 e. The molecule has 0 aliphatic rings. The number of benzene rings is 3. The number of fused-ring (bicyclic) bond motifs is 1. The van der Waals surface area contributed by atoms with Gasteiger partial charge < -0.3 is 14.8 Å². The maximum Gasteiger partial charge on any atom is 0.337 e. The Morgan fingerprint density at radius 1 is 1.08 bits per heavy atom. The predicted octanol–water partition coefficient (Wildman–Crippen LogP) is 4.12. The molecule has 0 aliphatic carbocycles. The van der Waals surface area contributed by atoms with E-state index in [1.54, 1.807) is 42.5 Å². The SMILES string of the molecule is COC(=O)c1ccc2c(C(=Nc3ccc(N(CC#N)S(C)(=O)=O)cc3)c3ccccc3)c(O)[nH]c2c1. The first kappa shape index (κ1) is 24.5. The Bertz CT molecular complexity index is 1600. The molecule has 1 aromatic heterocycles. The van der Waals surface area contributed by atoms with Crippen LogP contribution in [-0.4, -0.2) is 50.1 Å². The van der Waals surface area contributed by atoms with Gasteiger partial charge in [0.2, 0.25) is 10.0 Å². The van der Waals surface area contributed by atoms with Gasteiger partial charge in [-0.25, -0.2) is 18.2 Å². The molecule has 3 aromatic carbocycles. The molecule has 1 heterocycles. The number of esters is 1. The van der Waals surface area contributed by atoms with Crippen LogP contribution < -0.4 is 4.31 Å². The van der Waals surface area contributed by atoms with Gasteiger partial charge >= 0.3 is 5.97 Å². The third-order valence-electron chi connectivity index (χ3n) is 5.48. The van der Waals surface area contributed by atoms with Crippen LogP contribution in [0, 0.1) is 11.3 Å². The average molecular weight is 503 g/mol. The molecule has 0 bridgehead atoms. The van der Waals surface area contributed by atoms with Gasteiger partial charge in [-0.1, -0.05) is 36.4 Å². The molecule has 9 nitrogen and oxygen atoms in total. The molecular weight excluding hydrogens is 480 g/mol. The van der Waals surface area contributed by atoms with Crippen molar-refractivity contribution in [1.29, 1.82) is 5.26 Å². The van der Waals surface area contributed by atoms with Crippen LogP contribution in [-0.2, 0) is 14.8 Å². The molecular formula is C26H22N4O5S. The van der Waals surface area contributed by atoms with Crippen molar-refractivity contribution < 1.29 is 23.1 Å². The summed E-state index contributed by atoms with van der Waals surface area (Å²) in [6, 6.07) is 22.4. The number of rotatable bonds is 7. The lowest BCUT2D eigenvalue weighted by Gasteiger charge is -2.19. The summed E-state index contributed by atoms with van der Waals surface area (Å²) >= 11 is 0. The number of aromatic hydroxyl groups is 1. The van der Waals surface area contributed by atoms with Crippen LogP contribution in [0.15, 0.2) is 77.8 Å². The molecule has 0 spiro atoms. The highest BCUT2D eigenvalue weighted by molar-refractivity contribution is 7.92. The monoisotopic (exact) mass is 502 g/mol. The lowest BCUT2D eigenvalue weighted by Crippen LogP contribution is -2.30. The fourth-order valence-corrected chi connectivity index (χ4v) is 4.61. The number of sulfonamides is 1. The van der Waals surface area contributed by atoms with E-state index in [1.807, 2.05) is 36.4 Å². The number of aromatic amines is 1. The number of ether oxygens (including phenoxy) is 1. The molecule has 36 heavy (non-hydrogen) atoms. The minimum atomic E-state index is -3.63. The zero-order chi connectivity index (χ0) is 25.9. The summed E-state index contributed by atoms with van der Waals surface area (Å²) in [4.78, 5) is 19.6. The van der Waals surface area contributed by atoms with Crippen LogP contribution in [0.5, 0.6) is 5.88 Å². The zero-order valence-corrected chi connectivity index (χ0v) is 20.3. The summed E-state index contributed by atoms with van der Waals surface area (Å²) in [6.07, 6.45) is 1.04. The van der Waals surface area contributed by atoms with Crippen molar-refractivity contribution >= 4 is 44.0 Å². The number of aliphatic imine (C=N–C) groups is 1. The summed E-state index contributed by atoms with van der Waals surface area (Å²) < 4.78 is 29.9. The number of hydrogen-bond acceptors (Lipinski definition) is 7. The number of carbonyl (C=O) groups is 1. The molecule has 0 radical (unpaired) electrons. The third kappa shape index (κ3) is 4.92. The van der Waals surface area contributed by atoms with Gasteiger partial charge in [-0.2, -0.15) is 5.26 Å². The average Bonchev–Trinajstić information content (AvgIpc) is 3.20. The van der Waals surface area contributed by atoms with Gasteiger partial charge in [-0.3, -0.25) is 4.31 Å². The highest BCUT2D eigenvalue weighted by Gasteiger charge is 2.21. The summed E-state index contributed by atoms with van der Waals surface area (Å²) in [7, 11) is -2.33. The van der Waals surface area contributed by atoms with E-state index < -0.39 is 16.0 Å². The molecule has 2 N–H and O–H groups in total. The molecule has 0 aliphatic heterocycles. The van der Waals surface area contributed by atoms with Crippen molar-refractivity contribution in [3.05, 3.63) is 89.5 Å². The van der Waals surface area contributed by atoms with Crippen LogP contribution in [0.25, 0.3) is 10.9 Å². The normalized spacial score (nSPS) is 11.8. The van der Waals surface area contributed by atoms with Crippen LogP contribution in [0.4, 0.5) is 11.4 Å². The van der Waals surface area contributed by atoms with Gasteiger partial charge in [0.15, 0.2) is 5.88 Å². The van der Waals surface area contributed by atoms with Crippen molar-refractivity contribution in [3.8, 4) is 11.9 Å². The zero-order valence-electron chi connectivity index (χ0n) is 19.5. The molecule has 0 saturated carbocycles. The predicted molar refractivity (Wildman–Crippen MR) is 137 cm³/mol. The molecule has 4 rings (SSSR count). The number of carbonyl (C=O) groups excluding carboxylic acids is 1. The Morgan fingerprint density at radius 2 is 1.78 bits per heavy atom. The maximum absolute atomic E-state index is 12.1. The van der Waals surface area contributed by atoms with E-state index in [1.165, 1.54) is 7.11 Å². The maximum atomic E-state index is 12.1. The fourth-order valence-electron chi connectivity index (χ4n) is 3.82. The van der Waals surface area contributed by atoms with E-state index in [4.69, 9.17) is 15.0 Å². The minimum absolute atomic E-state index is 0.122. The number of nitrogens with one attached hydrogen (secondary N) is 1. The van der Waals surface area contributed by atoms with Crippen molar-refractivity contribution in [2.24, 2.45) is 4.99 Å². The lowest BCUT2D eigenvalue weighted by atomic mass is 10.00. The molecule has 4 aromatic rings.